The van der Waals surface area contributed by atoms with Gasteiger partial charge in [0.05, 0.1) is 41.4 Å². The van der Waals surface area contributed by atoms with Gasteiger partial charge in [-0.3, -0.25) is 4.79 Å². The van der Waals surface area contributed by atoms with E-state index in [4.69, 9.17) is 30.2 Å². The van der Waals surface area contributed by atoms with Crippen molar-refractivity contribution in [3.8, 4) is 11.5 Å². The van der Waals surface area contributed by atoms with E-state index in [2.05, 4.69) is 35.8 Å². The number of aryl methyl sites for hydroxylation is 4. The van der Waals surface area contributed by atoms with Gasteiger partial charge in [-0.15, -0.1) is 10.2 Å². The molecular weight excluding hydrogens is 904 g/mol. The molecule has 0 atom stereocenters. The molecule has 0 aliphatic carbocycles. The second kappa shape index (κ2) is 22.5. The second-order valence-corrected chi connectivity index (χ2v) is 15.0. The summed E-state index contributed by atoms with van der Waals surface area (Å²) in [4.78, 5) is 14.2. The first-order valence-corrected chi connectivity index (χ1v) is 20.6. The number of nitrogens with zero attached hydrogens (tertiary/aromatic N) is 9. The Hall–Kier alpha value is -6.28. The third-order valence-electron chi connectivity index (χ3n) is 10.3. The normalized spacial score (nSPS) is 11.6. The number of alkyl halides is 6. The number of hydrogen-bond donors (Lipinski definition) is 1. The van der Waals surface area contributed by atoms with E-state index in [0.717, 1.165) is 28.5 Å². The standard InChI is InChI=1S/C22H20F3N5O2.C22H21F3N4O4.Na.H2O/c1-3-5-15-19(9-7-16-20(15)32-28-21(16)22(23,24)25)31-11-4-10-30-18-8-6-14(13-26-2)12-17(18)27-29-30;1-2-4-14-18(8-6-15-20(14)33-27-21(15)22(23,24)25)32-10-3-9-29-17-7-5-13(12-19(30)31)11-16(17)26-28-29;;/h6-9,12H,3-5,10-11,13H2,1H3;5-8,11H,2-4,9-10,12H2,1H3,(H,30,31);;1H2/q;;+1;/p-1. The van der Waals surface area contributed by atoms with Gasteiger partial charge in [0.15, 0.2) is 22.6 Å². The van der Waals surface area contributed by atoms with Crippen molar-refractivity contribution in [3.05, 3.63) is 106 Å². The van der Waals surface area contributed by atoms with Crippen molar-refractivity contribution in [2.24, 2.45) is 0 Å². The third kappa shape index (κ3) is 12.0. The maximum Gasteiger partial charge on any atom is 1.00 e. The Kier molecular flexibility index (Phi) is 17.3. The van der Waals surface area contributed by atoms with Gasteiger partial charge in [-0.25, -0.2) is 15.9 Å². The molecule has 0 amide bonds. The first kappa shape index (κ1) is 51.7. The van der Waals surface area contributed by atoms with Crippen molar-refractivity contribution in [1.82, 2.24) is 40.3 Å². The molecular formula is C44H42F6N9NaO7. The van der Waals surface area contributed by atoms with E-state index in [0.29, 0.717) is 98.7 Å². The van der Waals surface area contributed by atoms with Crippen LogP contribution in [0, 0.1) is 6.57 Å². The second-order valence-electron chi connectivity index (χ2n) is 15.0. The van der Waals surface area contributed by atoms with Crippen LogP contribution in [0.25, 0.3) is 48.9 Å². The smallest absolute Gasteiger partial charge is 0.870 e. The minimum Gasteiger partial charge on any atom is -0.870 e. The zero-order valence-corrected chi connectivity index (χ0v) is 38.5. The zero-order valence-electron chi connectivity index (χ0n) is 36.5. The first-order valence-electron chi connectivity index (χ1n) is 20.6. The molecule has 67 heavy (non-hydrogen) atoms. The monoisotopic (exact) mass is 945 g/mol. The van der Waals surface area contributed by atoms with Crippen LogP contribution in [0.5, 0.6) is 11.5 Å². The molecule has 0 unspecified atom stereocenters. The molecule has 0 saturated carbocycles. The molecule has 23 heteroatoms. The van der Waals surface area contributed by atoms with Crippen LogP contribution in [0.15, 0.2) is 69.7 Å². The molecule has 0 saturated heterocycles. The van der Waals surface area contributed by atoms with Crippen LogP contribution < -0.4 is 39.0 Å². The summed E-state index contributed by atoms with van der Waals surface area (Å²) >= 11 is 0. The van der Waals surface area contributed by atoms with Crippen LogP contribution in [0.1, 0.15) is 73.2 Å². The molecule has 0 spiro atoms. The number of carboxylic acid groups (broad SMARTS) is 1. The molecule has 0 aliphatic heterocycles. The van der Waals surface area contributed by atoms with Crippen molar-refractivity contribution < 1.29 is 89.8 Å². The molecule has 0 bridgehead atoms. The van der Waals surface area contributed by atoms with Crippen LogP contribution in [-0.4, -0.2) is 70.1 Å². The molecule has 4 aromatic carbocycles. The summed E-state index contributed by atoms with van der Waals surface area (Å²) < 4.78 is 104. The van der Waals surface area contributed by atoms with E-state index in [1.165, 1.54) is 18.2 Å². The van der Waals surface area contributed by atoms with Crippen molar-refractivity contribution >= 4 is 50.0 Å². The number of carbonyl (C=O) groups is 1. The summed E-state index contributed by atoms with van der Waals surface area (Å²) in [6, 6.07) is 16.6. The minimum absolute atomic E-state index is 0. The summed E-state index contributed by atoms with van der Waals surface area (Å²) in [7, 11) is 0. The van der Waals surface area contributed by atoms with Crippen LogP contribution in [0.4, 0.5) is 26.3 Å². The summed E-state index contributed by atoms with van der Waals surface area (Å²) in [5.74, 6) is 0.0481. The van der Waals surface area contributed by atoms with Gasteiger partial charge < -0.3 is 33.9 Å². The number of halogens is 6. The van der Waals surface area contributed by atoms with Gasteiger partial charge in [-0.2, -0.15) is 26.3 Å². The van der Waals surface area contributed by atoms with Gasteiger partial charge in [0.2, 0.25) is 6.54 Å². The Morgan fingerprint density at radius 2 is 1.16 bits per heavy atom. The number of carboxylic acids is 1. The molecule has 0 fully saturated rings. The number of ether oxygens (including phenoxy) is 2. The molecule has 2 N–H and O–H groups in total. The summed E-state index contributed by atoms with van der Waals surface area (Å²) in [6.07, 6.45) is -5.63. The van der Waals surface area contributed by atoms with Crippen molar-refractivity contribution in [2.75, 3.05) is 13.2 Å². The van der Waals surface area contributed by atoms with E-state index in [1.54, 1.807) is 33.6 Å². The molecule has 0 radical (unpaired) electrons. The molecule has 348 valence electrons. The van der Waals surface area contributed by atoms with E-state index < -0.39 is 29.7 Å². The Bertz CT molecular complexity index is 2990. The fourth-order valence-corrected chi connectivity index (χ4v) is 7.37. The Labute approximate surface area is 399 Å². The van der Waals surface area contributed by atoms with Gasteiger partial charge in [0.25, 0.3) is 0 Å². The maximum atomic E-state index is 13.1. The molecule has 16 nitrogen and oxygen atoms in total. The van der Waals surface area contributed by atoms with Gasteiger partial charge in [0, 0.05) is 42.6 Å². The van der Waals surface area contributed by atoms with Gasteiger partial charge in [-0.1, -0.05) is 53.5 Å². The Morgan fingerprint density at radius 3 is 1.58 bits per heavy atom. The predicted octanol–water partition coefficient (Wildman–Crippen LogP) is 6.90. The topological polar surface area (TPSA) is 204 Å². The van der Waals surface area contributed by atoms with E-state index in [9.17, 15) is 31.1 Å². The van der Waals surface area contributed by atoms with Crippen LogP contribution in [-0.2, 0) is 56.0 Å². The van der Waals surface area contributed by atoms with Crippen molar-refractivity contribution in [1.29, 1.82) is 0 Å². The number of aromatic nitrogens is 8. The predicted molar refractivity (Wildman–Crippen MR) is 225 cm³/mol. The third-order valence-corrected chi connectivity index (χ3v) is 10.3. The van der Waals surface area contributed by atoms with Gasteiger partial charge >= 0.3 is 47.9 Å². The summed E-state index contributed by atoms with van der Waals surface area (Å²) in [5, 5.41) is 31.8. The van der Waals surface area contributed by atoms with Crippen molar-refractivity contribution in [2.45, 2.75) is 90.8 Å². The van der Waals surface area contributed by atoms with Gasteiger partial charge in [0.1, 0.15) is 22.5 Å². The quantitative estimate of drug-likeness (QED) is 0.0428. The number of hydrogen-bond acceptors (Lipinski definition) is 12. The van der Waals surface area contributed by atoms with Crippen LogP contribution in [0.2, 0.25) is 0 Å². The molecule has 4 aromatic heterocycles. The van der Waals surface area contributed by atoms with E-state index in [1.807, 2.05) is 32.0 Å². The number of aliphatic carboxylic acids is 1. The summed E-state index contributed by atoms with van der Waals surface area (Å²) in [6.45, 7) is 12.8. The van der Waals surface area contributed by atoms with E-state index >= 15 is 0 Å². The number of fused-ring (bicyclic) bond motifs is 4. The Balaban J connectivity index is 0.000000244. The van der Waals surface area contributed by atoms with Gasteiger partial charge in [-0.05, 0) is 73.0 Å². The van der Waals surface area contributed by atoms with Crippen LogP contribution >= 0.6 is 0 Å². The largest absolute Gasteiger partial charge is 1.00 e. The van der Waals surface area contributed by atoms with Crippen LogP contribution in [0.3, 0.4) is 0 Å². The average Bonchev–Trinajstić information content (AvgIpc) is 4.07. The number of rotatable bonds is 17. The van der Waals surface area contributed by atoms with E-state index in [-0.39, 0.29) is 63.4 Å². The molecule has 8 rings (SSSR count). The average molecular weight is 946 g/mol. The first-order chi connectivity index (χ1) is 31.2. The number of benzene rings is 4. The fourth-order valence-electron chi connectivity index (χ4n) is 7.37. The summed E-state index contributed by atoms with van der Waals surface area (Å²) in [5.41, 5.74) is 3.83. The molecule has 4 heterocycles. The zero-order chi connectivity index (χ0) is 46.3. The fraction of sp³-hybridized carbons (Fsp3) is 0.364. The molecule has 0 aliphatic rings. The van der Waals surface area contributed by atoms with Crippen molar-refractivity contribution in [3.63, 3.8) is 0 Å². The molecule has 8 aromatic rings. The Morgan fingerprint density at radius 1 is 0.716 bits per heavy atom. The maximum absolute atomic E-state index is 13.1. The minimum atomic E-state index is -4.59. The SMILES string of the molecule is CCCc1c(OCCCn2nnc3cc(CC(=O)O)ccc32)ccc2c(C(F)(F)F)noc12.[C-]#[N+]Cc1ccc2c(c1)nnn2CCCOc1ccc2c(C(F)(F)F)noc2c1CCC.[Na+].[OH-].